The molecule has 0 spiro atoms. The number of hydrogen-bond acceptors (Lipinski definition) is 3. The Hall–Kier alpha value is -1.27. The minimum absolute atomic E-state index is 0.118. The van der Waals surface area contributed by atoms with E-state index in [9.17, 15) is 13.2 Å². The van der Waals surface area contributed by atoms with Crippen LogP contribution in [-0.2, 0) is 4.74 Å². The van der Waals surface area contributed by atoms with Crippen LogP contribution in [0.5, 0.6) is 0 Å². The highest BCUT2D eigenvalue weighted by Crippen LogP contribution is 2.37. The molecule has 3 rings (SSSR count). The van der Waals surface area contributed by atoms with Gasteiger partial charge in [0.1, 0.15) is 0 Å². The molecule has 3 nitrogen and oxygen atoms in total. The average molecular weight is 384 g/mol. The van der Waals surface area contributed by atoms with Gasteiger partial charge in [0.2, 0.25) is 0 Å². The summed E-state index contributed by atoms with van der Waals surface area (Å²) in [6, 6.07) is 1.30. The number of fused-ring (bicyclic) bond motifs is 1. The number of nitrogens with zero attached hydrogens (tertiary/aromatic N) is 1. The lowest BCUT2D eigenvalue weighted by Crippen LogP contribution is -2.41. The van der Waals surface area contributed by atoms with Gasteiger partial charge in [0.05, 0.1) is 6.26 Å². The van der Waals surface area contributed by atoms with Crippen LogP contribution in [0.15, 0.2) is 36.1 Å². The van der Waals surface area contributed by atoms with Crippen molar-refractivity contribution in [1.29, 1.82) is 0 Å². The maximum Gasteiger partial charge on any atom is 0.572 e. The molecule has 3 aliphatic rings. The van der Waals surface area contributed by atoms with E-state index in [1.165, 1.54) is 25.7 Å². The number of rotatable bonds is 5. The van der Waals surface area contributed by atoms with Crippen LogP contribution in [-0.4, -0.2) is 43.0 Å². The fourth-order valence-electron chi connectivity index (χ4n) is 4.90. The maximum atomic E-state index is 12.5. The molecule has 1 saturated carbocycles. The third-order valence-electron chi connectivity index (χ3n) is 6.27. The zero-order valence-electron chi connectivity index (χ0n) is 16.0. The van der Waals surface area contributed by atoms with E-state index in [1.54, 1.807) is 12.2 Å². The molecule has 1 N–H and O–H groups in total. The first-order chi connectivity index (χ1) is 13.0. The predicted octanol–water partition coefficient (Wildman–Crippen LogP) is 4.78. The second kappa shape index (κ2) is 9.28. The summed E-state index contributed by atoms with van der Waals surface area (Å²) < 4.78 is 41.4. The van der Waals surface area contributed by atoms with E-state index in [2.05, 4.69) is 15.0 Å². The van der Waals surface area contributed by atoms with Crippen LogP contribution in [0.1, 0.15) is 45.4 Å². The van der Waals surface area contributed by atoms with Gasteiger partial charge in [-0.05, 0) is 82.5 Å². The summed E-state index contributed by atoms with van der Waals surface area (Å²) in [6.45, 7) is 4.93. The molecule has 27 heavy (non-hydrogen) atoms. The van der Waals surface area contributed by atoms with Gasteiger partial charge >= 0.3 is 6.36 Å². The smallest absolute Gasteiger partial charge is 0.413 e. The zero-order chi connectivity index (χ0) is 19.3. The maximum absolute atomic E-state index is 12.5. The number of likely N-dealkylation sites (tertiary alicyclic amines) is 1. The molecule has 3 fully saturated rings. The molecule has 152 valence electrons. The quantitative estimate of drug-likeness (QED) is 0.545. The number of piperidine rings is 2. The highest BCUT2D eigenvalue weighted by atomic mass is 19.4. The molecule has 2 saturated heterocycles. The largest absolute Gasteiger partial charge is 0.572 e. The van der Waals surface area contributed by atoms with Gasteiger partial charge in [-0.3, -0.25) is 0 Å². The normalized spacial score (nSPS) is 31.7. The molecule has 3 atom stereocenters. The van der Waals surface area contributed by atoms with Gasteiger partial charge < -0.3 is 15.0 Å². The van der Waals surface area contributed by atoms with Crippen molar-refractivity contribution >= 4 is 0 Å². The summed E-state index contributed by atoms with van der Waals surface area (Å²) in [4.78, 5) is 2.56. The van der Waals surface area contributed by atoms with Crippen LogP contribution in [0.3, 0.4) is 0 Å². The lowest BCUT2D eigenvalue weighted by atomic mass is 9.88. The van der Waals surface area contributed by atoms with E-state index in [-0.39, 0.29) is 5.92 Å². The van der Waals surface area contributed by atoms with Gasteiger partial charge in [-0.1, -0.05) is 24.3 Å². The lowest BCUT2D eigenvalue weighted by molar-refractivity contribution is -0.298. The minimum Gasteiger partial charge on any atom is -0.413 e. The Morgan fingerprint density at radius 3 is 2.56 bits per heavy atom. The SMILES string of the molecule is C\C=C/C=C\C(=C\OC(F)(F)F)C1CCN(C2CC3CCCNC3C2)CC1. The van der Waals surface area contributed by atoms with Gasteiger partial charge in [0.15, 0.2) is 0 Å². The molecule has 2 aliphatic heterocycles. The van der Waals surface area contributed by atoms with E-state index >= 15 is 0 Å². The fourth-order valence-corrected chi connectivity index (χ4v) is 4.90. The van der Waals surface area contributed by atoms with E-state index in [0.717, 1.165) is 44.7 Å². The average Bonchev–Trinajstić information content (AvgIpc) is 3.08. The van der Waals surface area contributed by atoms with Gasteiger partial charge in [-0.2, -0.15) is 0 Å². The number of halogens is 3. The Kier molecular flexibility index (Phi) is 7.04. The Balaban J connectivity index is 1.56. The van der Waals surface area contributed by atoms with Crippen LogP contribution >= 0.6 is 0 Å². The number of alkyl halides is 3. The second-order valence-electron chi connectivity index (χ2n) is 7.96. The molecule has 0 amide bonds. The molecule has 0 aromatic heterocycles. The van der Waals surface area contributed by atoms with Crippen LogP contribution in [0.4, 0.5) is 13.2 Å². The highest BCUT2D eigenvalue weighted by molar-refractivity contribution is 5.24. The number of hydrogen-bond donors (Lipinski definition) is 1. The molecule has 0 aromatic rings. The minimum atomic E-state index is -4.63. The first-order valence-electron chi connectivity index (χ1n) is 10.2. The zero-order valence-corrected chi connectivity index (χ0v) is 16.0. The van der Waals surface area contributed by atoms with Gasteiger partial charge in [-0.25, -0.2) is 0 Å². The summed E-state index contributed by atoms with van der Waals surface area (Å²) in [5.74, 6) is 0.924. The first kappa shape index (κ1) is 20.5. The standard InChI is InChI=1S/C21H31F3N2O/c1-2-3-4-6-18(15-27-21(22,23)24)16-8-11-26(12-9-16)19-13-17-7-5-10-25-20(17)14-19/h2-4,6,15-17,19-20,25H,5,7-14H2,1H3/b3-2-,6-4-,18-15-. The molecular formula is C21H31F3N2O. The third-order valence-corrected chi connectivity index (χ3v) is 6.27. The summed E-state index contributed by atoms with van der Waals surface area (Å²) in [6.07, 6.45) is 10.3. The molecule has 2 heterocycles. The van der Waals surface area contributed by atoms with Crippen LogP contribution in [0.25, 0.3) is 0 Å². The number of allylic oxidation sites excluding steroid dienone is 5. The summed E-state index contributed by atoms with van der Waals surface area (Å²) in [5, 5.41) is 3.66. The van der Waals surface area contributed by atoms with Gasteiger partial charge in [0.25, 0.3) is 0 Å². The highest BCUT2D eigenvalue weighted by Gasteiger charge is 2.39. The van der Waals surface area contributed by atoms with Crippen molar-refractivity contribution in [3.05, 3.63) is 36.1 Å². The molecule has 0 aromatic carbocycles. The third kappa shape index (κ3) is 5.85. The lowest BCUT2D eigenvalue weighted by Gasteiger charge is -2.36. The van der Waals surface area contributed by atoms with E-state index in [1.807, 2.05) is 19.1 Å². The molecule has 6 heteroatoms. The molecule has 3 unspecified atom stereocenters. The summed E-state index contributed by atoms with van der Waals surface area (Å²) in [5.41, 5.74) is 0.631. The topological polar surface area (TPSA) is 24.5 Å². The fraction of sp³-hybridized carbons (Fsp3) is 0.714. The Labute approximate surface area is 160 Å². The van der Waals surface area contributed by atoms with E-state index in [4.69, 9.17) is 0 Å². The van der Waals surface area contributed by atoms with Crippen molar-refractivity contribution in [3.8, 4) is 0 Å². The van der Waals surface area contributed by atoms with Crippen molar-refractivity contribution in [2.45, 2.75) is 63.9 Å². The Bertz CT molecular complexity index is 548. The Morgan fingerprint density at radius 2 is 1.89 bits per heavy atom. The Morgan fingerprint density at radius 1 is 1.11 bits per heavy atom. The van der Waals surface area contributed by atoms with Crippen LogP contribution < -0.4 is 5.32 Å². The summed E-state index contributed by atoms with van der Waals surface area (Å²) >= 11 is 0. The monoisotopic (exact) mass is 384 g/mol. The molecule has 1 aliphatic carbocycles. The predicted molar refractivity (Wildman–Crippen MR) is 101 cm³/mol. The van der Waals surface area contributed by atoms with E-state index in [0.29, 0.717) is 17.7 Å². The van der Waals surface area contributed by atoms with Crippen LogP contribution in [0, 0.1) is 11.8 Å². The molecule has 0 bridgehead atoms. The van der Waals surface area contributed by atoms with Gasteiger partial charge in [-0.15, -0.1) is 13.2 Å². The van der Waals surface area contributed by atoms with Crippen LogP contribution in [0.2, 0.25) is 0 Å². The van der Waals surface area contributed by atoms with Crippen molar-refractivity contribution in [2.24, 2.45) is 11.8 Å². The second-order valence-corrected chi connectivity index (χ2v) is 7.96. The van der Waals surface area contributed by atoms with Crippen molar-refractivity contribution in [3.63, 3.8) is 0 Å². The van der Waals surface area contributed by atoms with E-state index < -0.39 is 6.36 Å². The molecule has 0 radical (unpaired) electrons. The van der Waals surface area contributed by atoms with Gasteiger partial charge in [0, 0.05) is 12.1 Å². The number of nitrogens with one attached hydrogen (secondary N) is 1. The summed E-state index contributed by atoms with van der Waals surface area (Å²) in [7, 11) is 0. The van der Waals surface area contributed by atoms with Crippen molar-refractivity contribution in [2.75, 3.05) is 19.6 Å². The van der Waals surface area contributed by atoms with Crippen molar-refractivity contribution < 1.29 is 17.9 Å². The number of ether oxygens (including phenoxy) is 1. The first-order valence-corrected chi connectivity index (χ1v) is 10.2. The van der Waals surface area contributed by atoms with Crippen molar-refractivity contribution in [1.82, 2.24) is 10.2 Å². The molecular weight excluding hydrogens is 353 g/mol.